The van der Waals surface area contributed by atoms with Crippen LogP contribution in [0.3, 0.4) is 0 Å². The van der Waals surface area contributed by atoms with E-state index in [4.69, 9.17) is 0 Å². The first-order valence-corrected chi connectivity index (χ1v) is 31.0. The van der Waals surface area contributed by atoms with Crippen molar-refractivity contribution >= 4 is 125 Å². The lowest BCUT2D eigenvalue weighted by atomic mass is 9.42. The Morgan fingerprint density at radius 3 is 1.95 bits per heavy atom. The van der Waals surface area contributed by atoms with Crippen LogP contribution in [0.15, 0.2) is 164 Å². The average Bonchev–Trinajstić information content (AvgIpc) is 4.18. The number of hydrogen-bond donors (Lipinski definition) is 0. The Hall–Kier alpha value is -6.66. The van der Waals surface area contributed by atoms with Crippen LogP contribution in [0.5, 0.6) is 0 Å². The summed E-state index contributed by atoms with van der Waals surface area (Å²) in [7, 11) is 0. The van der Waals surface area contributed by atoms with Crippen molar-refractivity contribution in [2.24, 2.45) is 29.6 Å². The molecular weight excluding hydrogens is 968 g/mol. The molecule has 0 amide bonds. The van der Waals surface area contributed by atoms with Crippen LogP contribution in [-0.2, 0) is 10.8 Å². The monoisotopic (exact) mass is 1030 g/mol. The van der Waals surface area contributed by atoms with Crippen LogP contribution in [-0.4, -0.2) is 11.4 Å². The van der Waals surface area contributed by atoms with Gasteiger partial charge in [0, 0.05) is 53.0 Å². The minimum atomic E-state index is -0.0526. The fourth-order valence-electron chi connectivity index (χ4n) is 19.0. The summed E-state index contributed by atoms with van der Waals surface area (Å²) in [6, 6.07) is 65.2. The van der Waals surface area contributed by atoms with Gasteiger partial charge in [0.2, 0.25) is 0 Å². The molecular formula is C72H59BN2S2. The van der Waals surface area contributed by atoms with E-state index < -0.39 is 0 Å². The predicted molar refractivity (Wildman–Crippen MR) is 330 cm³/mol. The second-order valence-electron chi connectivity index (χ2n) is 25.8. The molecule has 20 rings (SSSR count). The van der Waals surface area contributed by atoms with Gasteiger partial charge in [-0.15, -0.1) is 22.7 Å². The highest BCUT2D eigenvalue weighted by Gasteiger charge is 2.53. The van der Waals surface area contributed by atoms with Gasteiger partial charge in [0.1, 0.15) is 0 Å². The third kappa shape index (κ3) is 5.83. The van der Waals surface area contributed by atoms with Crippen molar-refractivity contribution < 1.29 is 0 Å². The Balaban J connectivity index is 0.966. The molecule has 0 saturated heterocycles. The van der Waals surface area contributed by atoms with E-state index in [9.17, 15) is 0 Å². The summed E-state index contributed by atoms with van der Waals surface area (Å²) >= 11 is 4.02. The molecule has 5 heterocycles. The minimum Gasteiger partial charge on any atom is -0.375 e. The lowest BCUT2D eigenvalue weighted by Gasteiger charge is -2.57. The maximum absolute atomic E-state index is 2.88. The highest BCUT2D eigenvalue weighted by molar-refractivity contribution is 7.27. The largest absolute Gasteiger partial charge is 0.375 e. The minimum absolute atomic E-state index is 0.0526. The SMILES string of the molecule is CCC1(c2ccc3c(c2)c2cc(C45CC6CC(CC(C6)C4)C5)cc4c2n3-c2c3c(cc5c2sc2ccccc25)-c2ccc5c(sc6cc7ccccc7cc65)c2N(c2ccc(-c5ccccc5)cc2)B34)CC2CCC(C2)C1. The third-order valence-corrected chi connectivity index (χ3v) is 24.2. The topological polar surface area (TPSA) is 8.17 Å². The fourth-order valence-corrected chi connectivity index (χ4v) is 21.5. The van der Waals surface area contributed by atoms with E-state index in [0.717, 1.165) is 29.6 Å². The zero-order valence-electron chi connectivity index (χ0n) is 43.7. The van der Waals surface area contributed by atoms with Crippen LogP contribution in [0.4, 0.5) is 11.4 Å². The van der Waals surface area contributed by atoms with Crippen molar-refractivity contribution in [2.45, 2.75) is 94.8 Å². The molecule has 2 aliphatic heterocycles. The molecule has 0 radical (unpaired) electrons. The van der Waals surface area contributed by atoms with Gasteiger partial charge in [0.05, 0.1) is 31.8 Å². The summed E-state index contributed by atoms with van der Waals surface area (Å²) in [6.45, 7) is 2.46. The van der Waals surface area contributed by atoms with Crippen LogP contribution < -0.4 is 15.7 Å². The summed E-state index contributed by atoms with van der Waals surface area (Å²) in [5.74, 6) is 4.33. The molecule has 12 aromatic rings. The zero-order valence-corrected chi connectivity index (χ0v) is 45.4. The van der Waals surface area contributed by atoms with Gasteiger partial charge in [-0.05, 0) is 209 Å². The number of nitrogens with zero attached hydrogens (tertiary/aromatic N) is 2. The van der Waals surface area contributed by atoms with Crippen molar-refractivity contribution in [2.75, 3.05) is 4.81 Å². The Morgan fingerprint density at radius 1 is 0.494 bits per heavy atom. The first-order valence-electron chi connectivity index (χ1n) is 29.4. The molecule has 6 saturated carbocycles. The molecule has 3 aromatic heterocycles. The summed E-state index contributed by atoms with van der Waals surface area (Å²) in [5, 5.41) is 11.1. The van der Waals surface area contributed by atoms with Crippen LogP contribution in [0, 0.1) is 29.6 Å². The van der Waals surface area contributed by atoms with Gasteiger partial charge >= 0.3 is 6.85 Å². The summed E-state index contributed by atoms with van der Waals surface area (Å²) in [6.07, 6.45) is 16.6. The van der Waals surface area contributed by atoms with E-state index >= 15 is 0 Å². The Morgan fingerprint density at radius 2 is 1.17 bits per heavy atom. The molecule has 6 fully saturated rings. The lowest BCUT2D eigenvalue weighted by Crippen LogP contribution is -2.61. The van der Waals surface area contributed by atoms with Gasteiger partial charge in [0.25, 0.3) is 0 Å². The molecule has 6 bridgehead atoms. The number of aromatic nitrogens is 1. The number of benzene rings is 9. The molecule has 2 nitrogen and oxygen atoms in total. The van der Waals surface area contributed by atoms with Crippen LogP contribution in [0.2, 0.25) is 0 Å². The summed E-state index contributed by atoms with van der Waals surface area (Å²) in [5.41, 5.74) is 18.8. The third-order valence-electron chi connectivity index (χ3n) is 21.8. The summed E-state index contributed by atoms with van der Waals surface area (Å²) < 4.78 is 8.37. The molecule has 372 valence electrons. The first-order chi connectivity index (χ1) is 37.9. The van der Waals surface area contributed by atoms with Crippen molar-refractivity contribution in [3.05, 3.63) is 175 Å². The first kappa shape index (κ1) is 43.3. The van der Waals surface area contributed by atoms with Crippen LogP contribution >= 0.6 is 22.7 Å². The molecule has 6 aliphatic carbocycles. The van der Waals surface area contributed by atoms with Gasteiger partial charge < -0.3 is 9.38 Å². The Kier molecular flexibility index (Phi) is 8.63. The second-order valence-corrected chi connectivity index (χ2v) is 27.9. The molecule has 0 spiro atoms. The van der Waals surface area contributed by atoms with E-state index in [0.29, 0.717) is 0 Å². The van der Waals surface area contributed by atoms with Crippen molar-refractivity contribution in [1.82, 2.24) is 4.57 Å². The number of rotatable bonds is 5. The van der Waals surface area contributed by atoms with Gasteiger partial charge in [-0.1, -0.05) is 129 Å². The van der Waals surface area contributed by atoms with Crippen molar-refractivity contribution in [3.63, 3.8) is 0 Å². The van der Waals surface area contributed by atoms with Crippen molar-refractivity contribution in [3.8, 4) is 27.9 Å². The zero-order chi connectivity index (χ0) is 50.0. The van der Waals surface area contributed by atoms with Gasteiger partial charge in [-0.2, -0.15) is 0 Å². The lowest BCUT2D eigenvalue weighted by molar-refractivity contribution is -0.00509. The Bertz CT molecular complexity index is 4510. The van der Waals surface area contributed by atoms with E-state index in [2.05, 4.69) is 180 Å². The van der Waals surface area contributed by atoms with E-state index in [-0.39, 0.29) is 17.7 Å². The highest BCUT2D eigenvalue weighted by atomic mass is 32.1. The van der Waals surface area contributed by atoms with E-state index in [1.807, 2.05) is 22.7 Å². The molecule has 2 unspecified atom stereocenters. The Labute approximate surface area is 458 Å². The van der Waals surface area contributed by atoms with Gasteiger partial charge in [-0.25, -0.2) is 0 Å². The smallest absolute Gasteiger partial charge is 0.333 e. The second kappa shape index (κ2) is 15.3. The molecule has 77 heavy (non-hydrogen) atoms. The molecule has 2 atom stereocenters. The standard InChI is InChI=1S/C72H59BN2S2/c1-2-71(36-41-16-17-42(26-41)37-71)50-20-25-62-56(32-50)59-33-51(72-38-43-27-44(39-72)29-45(28-43)40-72)34-61-66(59)74(62)68-65-58(35-60-53-14-8-9-15-63(53)76-70(60)68)54-23-24-55-57-30-48-12-6-7-13-49(48)31-64(57)77-69(55)67(54)75(73(61)65)52-21-18-47(19-22-52)46-10-4-3-5-11-46/h3-15,18-25,30-35,41-45H,2,16-17,26-29,36-40H2,1H3. The summed E-state index contributed by atoms with van der Waals surface area (Å²) in [4.78, 5) is 2.88. The van der Waals surface area contributed by atoms with E-state index in [1.165, 1.54) is 200 Å². The molecule has 0 N–H and O–H groups in total. The van der Waals surface area contributed by atoms with Gasteiger partial charge in [0.15, 0.2) is 0 Å². The average molecular weight is 1030 g/mol. The maximum atomic E-state index is 2.88. The molecule has 8 aliphatic rings. The molecule has 5 heteroatoms. The molecule has 9 aromatic carbocycles. The highest BCUT2D eigenvalue weighted by Crippen LogP contribution is 2.62. The van der Waals surface area contributed by atoms with E-state index in [1.54, 1.807) is 11.1 Å². The number of thiophene rings is 2. The quantitative estimate of drug-likeness (QED) is 0.156. The van der Waals surface area contributed by atoms with Crippen molar-refractivity contribution in [1.29, 1.82) is 0 Å². The normalized spacial score (nSPS) is 25.6. The van der Waals surface area contributed by atoms with Crippen LogP contribution in [0.25, 0.3) is 101 Å². The van der Waals surface area contributed by atoms with Gasteiger partial charge in [-0.3, -0.25) is 0 Å². The van der Waals surface area contributed by atoms with Crippen LogP contribution in [0.1, 0.15) is 95.1 Å². The number of hydrogen-bond acceptors (Lipinski definition) is 3. The predicted octanol–water partition coefficient (Wildman–Crippen LogP) is 18.9. The number of fused-ring (bicyclic) bond motifs is 18. The fraction of sp³-hybridized carbons (Fsp3) is 0.278. The number of anilines is 2. The maximum Gasteiger partial charge on any atom is 0.333 e.